The van der Waals surface area contributed by atoms with E-state index in [2.05, 4.69) is 10.3 Å². The number of esters is 1. The number of pyridine rings is 1. The lowest BCUT2D eigenvalue weighted by atomic mass is 10.3. The zero-order valence-electron chi connectivity index (χ0n) is 15.1. The number of aromatic nitrogens is 1. The molecule has 1 heterocycles. The van der Waals surface area contributed by atoms with Gasteiger partial charge in [-0.1, -0.05) is 11.6 Å². The molecule has 0 radical (unpaired) electrons. The van der Waals surface area contributed by atoms with Gasteiger partial charge >= 0.3 is 12.1 Å². The largest absolute Gasteiger partial charge is 0.455 e. The van der Waals surface area contributed by atoms with Crippen LogP contribution in [-0.4, -0.2) is 33.6 Å². The highest BCUT2D eigenvalue weighted by atomic mass is 35.5. The van der Waals surface area contributed by atoms with Crippen molar-refractivity contribution >= 4 is 46.7 Å². The van der Waals surface area contributed by atoms with Gasteiger partial charge in [0.15, 0.2) is 12.4 Å². The van der Waals surface area contributed by atoms with Gasteiger partial charge < -0.3 is 10.1 Å². The predicted octanol–water partition coefficient (Wildman–Crippen LogP) is 4.32. The van der Waals surface area contributed by atoms with Gasteiger partial charge in [0.2, 0.25) is 0 Å². The van der Waals surface area contributed by atoms with Crippen molar-refractivity contribution in [3.05, 3.63) is 57.2 Å². The average molecular weight is 464 g/mol. The number of ether oxygens (including phenoxy) is 1. The monoisotopic (exact) mass is 463 g/mol. The summed E-state index contributed by atoms with van der Waals surface area (Å²) in [5, 5.41) is 11.6. The molecule has 0 saturated carbocycles. The molecule has 1 atom stereocenters. The highest BCUT2D eigenvalue weighted by Gasteiger charge is 2.31. The Bertz CT molecular complexity index is 957. The molecule has 0 saturated heterocycles. The fourth-order valence-corrected chi connectivity index (χ4v) is 3.09. The molecule has 2 rings (SSSR count). The molecule has 160 valence electrons. The molecule has 0 fully saturated rings. The number of nitro benzene ring substituents is 1. The number of carbonyl (C=O) groups excluding carboxylic acids is 2. The van der Waals surface area contributed by atoms with Gasteiger partial charge in [-0.05, 0) is 25.1 Å². The summed E-state index contributed by atoms with van der Waals surface area (Å²) in [7, 11) is 0. The Hall–Kier alpha value is -2.86. The quantitative estimate of drug-likeness (QED) is 0.281. The molecule has 0 aliphatic heterocycles. The van der Waals surface area contributed by atoms with Crippen molar-refractivity contribution in [2.75, 3.05) is 11.9 Å². The van der Waals surface area contributed by atoms with Crippen molar-refractivity contribution in [2.24, 2.45) is 0 Å². The molecule has 0 bridgehead atoms. The molecule has 2 aromatic rings. The molecule has 13 heteroatoms. The number of benzene rings is 1. The second-order valence-electron chi connectivity index (χ2n) is 5.72. The number of nitro groups is 1. The first kappa shape index (κ1) is 23.4. The first-order chi connectivity index (χ1) is 14.0. The molecule has 1 N–H and O–H groups in total. The van der Waals surface area contributed by atoms with E-state index in [9.17, 15) is 32.9 Å². The van der Waals surface area contributed by atoms with Gasteiger partial charge in [-0.15, -0.1) is 11.8 Å². The molecule has 0 aliphatic carbocycles. The van der Waals surface area contributed by atoms with Crippen LogP contribution in [-0.2, 0) is 20.5 Å². The lowest BCUT2D eigenvalue weighted by Crippen LogP contribution is -2.25. The molecular formula is C17H13ClF3N3O5S. The minimum Gasteiger partial charge on any atom is -0.455 e. The van der Waals surface area contributed by atoms with Gasteiger partial charge in [0.25, 0.3) is 11.6 Å². The van der Waals surface area contributed by atoms with Crippen LogP contribution >= 0.6 is 23.4 Å². The summed E-state index contributed by atoms with van der Waals surface area (Å²) in [6.07, 6.45) is -4.12. The number of nitrogens with one attached hydrogen (secondary N) is 1. The van der Waals surface area contributed by atoms with E-state index in [1.807, 2.05) is 0 Å². The molecule has 0 spiro atoms. The van der Waals surface area contributed by atoms with Crippen LogP contribution in [0.15, 0.2) is 41.4 Å². The highest BCUT2D eigenvalue weighted by molar-refractivity contribution is 8.00. The van der Waals surface area contributed by atoms with E-state index in [1.165, 1.54) is 31.2 Å². The number of nitrogens with zero attached hydrogens (tertiary/aromatic N) is 2. The van der Waals surface area contributed by atoms with Crippen molar-refractivity contribution in [3.8, 4) is 0 Å². The number of anilines is 1. The zero-order valence-corrected chi connectivity index (χ0v) is 16.7. The predicted molar refractivity (Wildman–Crippen MR) is 102 cm³/mol. The number of hydrogen-bond donors (Lipinski definition) is 1. The van der Waals surface area contributed by atoms with Crippen molar-refractivity contribution in [2.45, 2.75) is 23.2 Å². The third-order valence-corrected chi connectivity index (χ3v) is 4.84. The number of amides is 1. The van der Waals surface area contributed by atoms with Crippen LogP contribution in [0.3, 0.4) is 0 Å². The maximum atomic E-state index is 12.6. The van der Waals surface area contributed by atoms with Crippen LogP contribution in [0.2, 0.25) is 5.02 Å². The summed E-state index contributed by atoms with van der Waals surface area (Å²) in [6, 6.07) is 6.12. The van der Waals surface area contributed by atoms with E-state index in [-0.39, 0.29) is 11.5 Å². The number of hydrogen-bond acceptors (Lipinski definition) is 7. The maximum Gasteiger partial charge on any atom is 0.417 e. The normalized spacial score (nSPS) is 12.2. The summed E-state index contributed by atoms with van der Waals surface area (Å²) in [4.78, 5) is 38.0. The molecule has 1 amide bonds. The highest BCUT2D eigenvalue weighted by Crippen LogP contribution is 2.32. The van der Waals surface area contributed by atoms with Crippen LogP contribution in [0.5, 0.6) is 0 Å². The second-order valence-corrected chi connectivity index (χ2v) is 7.54. The minimum absolute atomic E-state index is 0.0956. The van der Waals surface area contributed by atoms with E-state index in [4.69, 9.17) is 16.3 Å². The summed E-state index contributed by atoms with van der Waals surface area (Å²) >= 11 is 6.75. The SMILES string of the molecule is CC(Sc1ccc([N+](=O)[O-])cc1)C(=O)OCC(=O)Nc1ncc(C(F)(F)F)cc1Cl. The Balaban J connectivity index is 1.86. The lowest BCUT2D eigenvalue weighted by Gasteiger charge is -2.12. The van der Waals surface area contributed by atoms with Gasteiger partial charge in [-0.25, -0.2) is 4.98 Å². The van der Waals surface area contributed by atoms with Gasteiger partial charge in [0, 0.05) is 23.2 Å². The van der Waals surface area contributed by atoms with Crippen LogP contribution in [0, 0.1) is 10.1 Å². The zero-order chi connectivity index (χ0) is 22.5. The Morgan fingerprint density at radius 1 is 1.33 bits per heavy atom. The third-order valence-electron chi connectivity index (χ3n) is 3.46. The van der Waals surface area contributed by atoms with Crippen molar-refractivity contribution in [1.82, 2.24) is 4.98 Å². The number of halogens is 4. The van der Waals surface area contributed by atoms with Crippen molar-refractivity contribution < 1.29 is 32.4 Å². The van der Waals surface area contributed by atoms with Crippen molar-refractivity contribution in [3.63, 3.8) is 0 Å². The van der Waals surface area contributed by atoms with Gasteiger partial charge in [0.05, 0.1) is 15.5 Å². The fourth-order valence-electron chi connectivity index (χ4n) is 2.01. The van der Waals surface area contributed by atoms with Crippen LogP contribution < -0.4 is 5.32 Å². The van der Waals surface area contributed by atoms with Gasteiger partial charge in [0.1, 0.15) is 5.25 Å². The first-order valence-electron chi connectivity index (χ1n) is 8.07. The Labute approximate surface area is 176 Å². The van der Waals surface area contributed by atoms with Crippen LogP contribution in [0.4, 0.5) is 24.7 Å². The van der Waals surface area contributed by atoms with Gasteiger partial charge in [-0.3, -0.25) is 19.7 Å². The Morgan fingerprint density at radius 3 is 2.50 bits per heavy atom. The summed E-state index contributed by atoms with van der Waals surface area (Å²) in [6.45, 7) is 0.809. The third kappa shape index (κ3) is 6.59. The second kappa shape index (κ2) is 9.76. The number of alkyl halides is 3. The van der Waals surface area contributed by atoms with E-state index in [0.29, 0.717) is 17.2 Å². The van der Waals surface area contributed by atoms with Crippen LogP contribution in [0.1, 0.15) is 12.5 Å². The van der Waals surface area contributed by atoms with E-state index in [1.54, 1.807) is 0 Å². The molecule has 0 aliphatic rings. The number of non-ortho nitro benzene ring substituents is 1. The molecule has 1 aromatic heterocycles. The van der Waals surface area contributed by atoms with Gasteiger partial charge in [-0.2, -0.15) is 13.2 Å². The summed E-state index contributed by atoms with van der Waals surface area (Å²) in [5.74, 6) is -1.89. The smallest absolute Gasteiger partial charge is 0.417 e. The fraction of sp³-hybridized carbons (Fsp3) is 0.235. The summed E-state index contributed by atoms with van der Waals surface area (Å²) in [5.41, 5.74) is -1.17. The van der Waals surface area contributed by atoms with Crippen molar-refractivity contribution in [1.29, 1.82) is 0 Å². The van der Waals surface area contributed by atoms with Crippen LogP contribution in [0.25, 0.3) is 0 Å². The minimum atomic E-state index is -4.63. The van der Waals surface area contributed by atoms with E-state index < -0.39 is 45.4 Å². The molecular weight excluding hydrogens is 451 g/mol. The number of thioether (sulfide) groups is 1. The van der Waals surface area contributed by atoms with E-state index >= 15 is 0 Å². The molecule has 30 heavy (non-hydrogen) atoms. The molecule has 1 unspecified atom stereocenters. The Morgan fingerprint density at radius 2 is 1.97 bits per heavy atom. The maximum absolute atomic E-state index is 12.6. The molecule has 8 nitrogen and oxygen atoms in total. The number of carbonyl (C=O) groups is 2. The first-order valence-corrected chi connectivity index (χ1v) is 9.33. The average Bonchev–Trinajstić information content (AvgIpc) is 2.67. The topological polar surface area (TPSA) is 111 Å². The molecule has 1 aromatic carbocycles. The van der Waals surface area contributed by atoms with E-state index in [0.717, 1.165) is 11.8 Å². The Kier molecular flexibility index (Phi) is 7.62. The number of rotatable bonds is 7. The lowest BCUT2D eigenvalue weighted by molar-refractivity contribution is -0.384. The standard InChI is InChI=1S/C17H13ClF3N3O5S/c1-9(30-12-4-2-11(3-5-12)24(27)28)16(26)29-8-14(25)23-15-13(18)6-10(7-22-15)17(19,20)21/h2-7,9H,8H2,1H3,(H,22,23,25). The summed E-state index contributed by atoms with van der Waals surface area (Å²) < 4.78 is 42.6.